The van der Waals surface area contributed by atoms with Gasteiger partial charge in [0.1, 0.15) is 10.6 Å². The summed E-state index contributed by atoms with van der Waals surface area (Å²) in [5.74, 6) is -0.388. The number of aryl methyl sites for hydroxylation is 1. The van der Waals surface area contributed by atoms with E-state index >= 15 is 0 Å². The molecule has 1 amide bonds. The summed E-state index contributed by atoms with van der Waals surface area (Å²) >= 11 is 1.16. The van der Waals surface area contributed by atoms with Gasteiger partial charge < -0.3 is 15.4 Å². The quantitative estimate of drug-likeness (QED) is 0.893. The molecular weight excluding hydrogens is 274 g/mol. The van der Waals surface area contributed by atoms with Gasteiger partial charge in [0.15, 0.2) is 0 Å². The minimum Gasteiger partial charge on any atom is -0.433 e. The number of amides is 1. The van der Waals surface area contributed by atoms with Crippen molar-refractivity contribution in [2.24, 2.45) is 0 Å². The van der Waals surface area contributed by atoms with E-state index in [2.05, 4.69) is 15.4 Å². The second kappa shape index (κ2) is 6.29. The van der Waals surface area contributed by atoms with E-state index in [4.69, 9.17) is 0 Å². The molecule has 0 saturated carbocycles. The summed E-state index contributed by atoms with van der Waals surface area (Å²) in [4.78, 5) is 13.1. The van der Waals surface area contributed by atoms with E-state index in [-0.39, 0.29) is 22.6 Å². The molecule has 0 unspecified atom stereocenters. The second-order valence-corrected chi connectivity index (χ2v) is 5.70. The summed E-state index contributed by atoms with van der Waals surface area (Å²) < 4.78 is 28.9. The second-order valence-electron chi connectivity index (χ2n) is 4.45. The number of hydrogen-bond donors (Lipinski definition) is 2. The number of hydrogen-bond acceptors (Lipinski definition) is 4. The van der Waals surface area contributed by atoms with Crippen molar-refractivity contribution < 1.29 is 18.3 Å². The van der Waals surface area contributed by atoms with Crippen LogP contribution in [0.15, 0.2) is 6.07 Å². The third-order valence-electron chi connectivity index (χ3n) is 2.88. The first kappa shape index (κ1) is 14.2. The lowest BCUT2D eigenvalue weighted by Gasteiger charge is -2.23. The van der Waals surface area contributed by atoms with Crippen LogP contribution in [0.3, 0.4) is 0 Å². The van der Waals surface area contributed by atoms with Crippen LogP contribution in [-0.2, 0) is 0 Å². The topological polar surface area (TPSA) is 50.4 Å². The van der Waals surface area contributed by atoms with E-state index in [9.17, 15) is 13.6 Å². The zero-order valence-corrected chi connectivity index (χ0v) is 11.4. The molecule has 19 heavy (non-hydrogen) atoms. The molecule has 2 heterocycles. The Bertz CT molecular complexity index is 445. The summed E-state index contributed by atoms with van der Waals surface area (Å²) in [6.45, 7) is 0.490. The average molecular weight is 290 g/mol. The van der Waals surface area contributed by atoms with Crippen molar-refractivity contribution in [3.8, 4) is 5.75 Å². The van der Waals surface area contributed by atoms with Gasteiger partial charge in [-0.15, -0.1) is 11.3 Å². The van der Waals surface area contributed by atoms with Crippen molar-refractivity contribution in [2.75, 3.05) is 13.1 Å². The Kier molecular flexibility index (Phi) is 4.71. The van der Waals surface area contributed by atoms with Gasteiger partial charge in [-0.25, -0.2) is 0 Å². The summed E-state index contributed by atoms with van der Waals surface area (Å²) in [5, 5.41) is 6.03. The third kappa shape index (κ3) is 3.87. The molecule has 2 N–H and O–H groups in total. The van der Waals surface area contributed by atoms with Gasteiger partial charge in [-0.2, -0.15) is 8.78 Å². The molecule has 106 valence electrons. The summed E-state index contributed by atoms with van der Waals surface area (Å²) in [7, 11) is 0. The Morgan fingerprint density at radius 3 is 3.05 bits per heavy atom. The van der Waals surface area contributed by atoms with E-state index in [0.717, 1.165) is 35.6 Å². The number of halogens is 2. The van der Waals surface area contributed by atoms with Gasteiger partial charge in [-0.05, 0) is 32.4 Å². The van der Waals surface area contributed by atoms with E-state index in [1.807, 2.05) is 0 Å². The van der Waals surface area contributed by atoms with Crippen LogP contribution in [0.2, 0.25) is 0 Å². The SMILES string of the molecule is Cc1cc(OC(F)F)c(C(=O)N[C@H]2CCCNC2)s1. The Hall–Kier alpha value is -1.21. The lowest BCUT2D eigenvalue weighted by Crippen LogP contribution is -2.45. The smallest absolute Gasteiger partial charge is 0.387 e. The normalized spacial score (nSPS) is 19.5. The number of carbonyl (C=O) groups is 1. The summed E-state index contributed by atoms with van der Waals surface area (Å²) in [6, 6.07) is 1.51. The first-order valence-corrected chi connectivity index (χ1v) is 6.94. The van der Waals surface area contributed by atoms with E-state index in [1.54, 1.807) is 6.92 Å². The first-order valence-electron chi connectivity index (χ1n) is 6.13. The van der Waals surface area contributed by atoms with Gasteiger partial charge in [0.05, 0.1) is 0 Å². The molecule has 2 rings (SSSR count). The Morgan fingerprint density at radius 2 is 2.42 bits per heavy atom. The van der Waals surface area contributed by atoms with Crippen LogP contribution in [0.4, 0.5) is 8.78 Å². The molecule has 1 fully saturated rings. The lowest BCUT2D eigenvalue weighted by molar-refractivity contribution is -0.0498. The maximum atomic E-state index is 12.3. The molecular formula is C12H16F2N2O2S. The third-order valence-corrected chi connectivity index (χ3v) is 3.91. The number of carbonyl (C=O) groups excluding carboxylic acids is 1. The van der Waals surface area contributed by atoms with Crippen molar-refractivity contribution in [3.63, 3.8) is 0 Å². The van der Waals surface area contributed by atoms with E-state index in [0.29, 0.717) is 6.54 Å². The number of alkyl halides is 2. The van der Waals surface area contributed by atoms with Gasteiger partial charge in [0.2, 0.25) is 0 Å². The molecule has 0 aliphatic carbocycles. The van der Waals surface area contributed by atoms with Gasteiger partial charge in [-0.1, -0.05) is 0 Å². The predicted octanol–water partition coefficient (Wildman–Crippen LogP) is 2.14. The van der Waals surface area contributed by atoms with Crippen molar-refractivity contribution in [2.45, 2.75) is 32.4 Å². The minimum absolute atomic E-state index is 0.0428. The molecule has 0 aromatic carbocycles. The van der Waals surface area contributed by atoms with Gasteiger partial charge in [0.25, 0.3) is 5.91 Å². The highest BCUT2D eigenvalue weighted by molar-refractivity contribution is 7.14. The number of nitrogens with one attached hydrogen (secondary N) is 2. The fourth-order valence-corrected chi connectivity index (χ4v) is 2.91. The van der Waals surface area contributed by atoms with Crippen LogP contribution in [0.1, 0.15) is 27.4 Å². The fraction of sp³-hybridized carbons (Fsp3) is 0.583. The van der Waals surface area contributed by atoms with Gasteiger partial charge in [-0.3, -0.25) is 4.79 Å². The largest absolute Gasteiger partial charge is 0.433 e. The van der Waals surface area contributed by atoms with Gasteiger partial charge in [0, 0.05) is 17.5 Å². The zero-order valence-electron chi connectivity index (χ0n) is 10.5. The standard InChI is InChI=1S/C12H16F2N2O2S/c1-7-5-9(18-12(13)14)10(19-7)11(17)16-8-3-2-4-15-6-8/h5,8,12,15H,2-4,6H2,1H3,(H,16,17)/t8-/m0/s1. The zero-order chi connectivity index (χ0) is 13.8. The maximum Gasteiger partial charge on any atom is 0.387 e. The highest BCUT2D eigenvalue weighted by Gasteiger charge is 2.22. The average Bonchev–Trinajstić information content (AvgIpc) is 2.70. The highest BCUT2D eigenvalue weighted by Crippen LogP contribution is 2.30. The maximum absolute atomic E-state index is 12.3. The highest BCUT2D eigenvalue weighted by atomic mass is 32.1. The monoisotopic (exact) mass is 290 g/mol. The molecule has 0 bridgehead atoms. The van der Waals surface area contributed by atoms with Crippen molar-refractivity contribution in [3.05, 3.63) is 15.8 Å². The van der Waals surface area contributed by atoms with Crippen LogP contribution >= 0.6 is 11.3 Å². The summed E-state index contributed by atoms with van der Waals surface area (Å²) in [5.41, 5.74) is 0. The van der Waals surface area contributed by atoms with Crippen molar-refractivity contribution in [1.82, 2.24) is 10.6 Å². The van der Waals surface area contributed by atoms with Crippen LogP contribution in [0, 0.1) is 6.92 Å². The molecule has 0 spiro atoms. The summed E-state index contributed by atoms with van der Waals surface area (Å²) in [6.07, 6.45) is 1.89. The number of piperidine rings is 1. The number of rotatable bonds is 4. The van der Waals surface area contributed by atoms with Crippen molar-refractivity contribution >= 4 is 17.2 Å². The van der Waals surface area contributed by atoms with Crippen LogP contribution < -0.4 is 15.4 Å². The predicted molar refractivity (Wildman–Crippen MR) is 69.0 cm³/mol. The molecule has 0 radical (unpaired) electrons. The minimum atomic E-state index is -2.92. The Morgan fingerprint density at radius 1 is 1.63 bits per heavy atom. The number of thiophene rings is 1. The molecule has 1 atom stereocenters. The van der Waals surface area contributed by atoms with E-state index < -0.39 is 6.61 Å². The molecule has 1 aromatic heterocycles. The fourth-order valence-electron chi connectivity index (χ4n) is 2.06. The molecule has 1 aromatic rings. The van der Waals surface area contributed by atoms with Crippen LogP contribution in [-0.4, -0.2) is 31.7 Å². The van der Waals surface area contributed by atoms with Crippen LogP contribution in [0.25, 0.3) is 0 Å². The van der Waals surface area contributed by atoms with Crippen LogP contribution in [0.5, 0.6) is 5.75 Å². The molecule has 1 saturated heterocycles. The Labute approximate surface area is 114 Å². The molecule has 4 nitrogen and oxygen atoms in total. The lowest BCUT2D eigenvalue weighted by atomic mass is 10.1. The molecule has 1 aliphatic heterocycles. The molecule has 1 aliphatic rings. The number of ether oxygens (including phenoxy) is 1. The van der Waals surface area contributed by atoms with Crippen molar-refractivity contribution in [1.29, 1.82) is 0 Å². The van der Waals surface area contributed by atoms with Gasteiger partial charge >= 0.3 is 6.61 Å². The Balaban J connectivity index is 2.05. The van der Waals surface area contributed by atoms with E-state index in [1.165, 1.54) is 6.07 Å². The first-order chi connectivity index (χ1) is 9.06. The molecule has 7 heteroatoms.